The van der Waals surface area contributed by atoms with Gasteiger partial charge in [0.15, 0.2) is 0 Å². The number of benzene rings is 1. The molecule has 1 aliphatic rings. The van der Waals surface area contributed by atoms with E-state index in [2.05, 4.69) is 12.2 Å². The summed E-state index contributed by atoms with van der Waals surface area (Å²) in [5, 5.41) is 2.95. The van der Waals surface area contributed by atoms with E-state index in [1.54, 1.807) is 0 Å². The van der Waals surface area contributed by atoms with Gasteiger partial charge in [-0.3, -0.25) is 0 Å². The zero-order valence-electron chi connectivity index (χ0n) is 11.6. The van der Waals surface area contributed by atoms with Crippen molar-refractivity contribution in [2.24, 2.45) is 11.7 Å². The Balaban J connectivity index is 1.90. The van der Waals surface area contributed by atoms with Gasteiger partial charge in [0.2, 0.25) is 0 Å². The van der Waals surface area contributed by atoms with Gasteiger partial charge in [0.1, 0.15) is 0 Å². The number of nitrogens with two attached hydrogens (primary N) is 1. The van der Waals surface area contributed by atoms with Crippen LogP contribution in [-0.2, 0) is 6.54 Å². The van der Waals surface area contributed by atoms with E-state index in [-0.39, 0.29) is 6.03 Å². The molecule has 19 heavy (non-hydrogen) atoms. The Morgan fingerprint density at radius 2 is 2.37 bits per heavy atom. The summed E-state index contributed by atoms with van der Waals surface area (Å²) in [5.41, 5.74) is 7.46. The second kappa shape index (κ2) is 6.57. The van der Waals surface area contributed by atoms with Crippen LogP contribution in [0.15, 0.2) is 24.3 Å². The maximum atomic E-state index is 12.1. The normalized spacial score (nSPS) is 18.6. The van der Waals surface area contributed by atoms with Crippen LogP contribution in [0.4, 0.5) is 10.5 Å². The Labute approximate surface area is 115 Å². The maximum absolute atomic E-state index is 12.1. The van der Waals surface area contributed by atoms with E-state index in [9.17, 15) is 4.79 Å². The molecule has 3 N–H and O–H groups in total. The number of hydrogen-bond acceptors (Lipinski definition) is 2. The largest absolute Gasteiger partial charge is 0.326 e. The molecule has 1 fully saturated rings. The predicted octanol–water partition coefficient (Wildman–Crippen LogP) is 2.80. The third kappa shape index (κ3) is 3.70. The summed E-state index contributed by atoms with van der Waals surface area (Å²) >= 11 is 0. The lowest BCUT2D eigenvalue weighted by Gasteiger charge is -2.17. The van der Waals surface area contributed by atoms with E-state index < -0.39 is 0 Å². The van der Waals surface area contributed by atoms with Crippen molar-refractivity contribution in [2.75, 3.05) is 18.4 Å². The first-order valence-corrected chi connectivity index (χ1v) is 7.08. The third-order valence-electron chi connectivity index (χ3n) is 3.68. The summed E-state index contributed by atoms with van der Waals surface area (Å²) in [6.45, 7) is 4.44. The van der Waals surface area contributed by atoms with E-state index in [0.29, 0.717) is 12.5 Å². The molecule has 0 aromatic heterocycles. The number of hydrogen-bond donors (Lipinski definition) is 2. The molecule has 2 amide bonds. The van der Waals surface area contributed by atoms with Gasteiger partial charge in [-0.05, 0) is 36.5 Å². The number of carbonyl (C=O) groups is 1. The smallest absolute Gasteiger partial charge is 0.321 e. The van der Waals surface area contributed by atoms with Crippen LogP contribution >= 0.6 is 0 Å². The summed E-state index contributed by atoms with van der Waals surface area (Å²) in [5.74, 6) is 0.672. The number of likely N-dealkylation sites (tertiary alicyclic amines) is 1. The summed E-state index contributed by atoms with van der Waals surface area (Å²) in [6.07, 6.45) is 3.54. The number of rotatable bonds is 4. The molecular weight excluding hydrogens is 238 g/mol. The molecule has 1 aromatic carbocycles. The van der Waals surface area contributed by atoms with Crippen molar-refractivity contribution in [3.05, 3.63) is 29.8 Å². The molecule has 0 bridgehead atoms. The number of nitrogens with one attached hydrogen (secondary N) is 1. The fraction of sp³-hybridized carbons (Fsp3) is 0.533. The molecule has 1 heterocycles. The van der Waals surface area contributed by atoms with Gasteiger partial charge in [0.05, 0.1) is 0 Å². The SMILES string of the molecule is CCCC1CCN(C(=O)Nc2cccc(CN)c2)C1. The highest BCUT2D eigenvalue weighted by atomic mass is 16.2. The lowest BCUT2D eigenvalue weighted by atomic mass is 10.0. The van der Waals surface area contributed by atoms with Crippen molar-refractivity contribution in [2.45, 2.75) is 32.7 Å². The fourth-order valence-corrected chi connectivity index (χ4v) is 2.64. The van der Waals surface area contributed by atoms with Crippen molar-refractivity contribution in [3.63, 3.8) is 0 Å². The Morgan fingerprint density at radius 3 is 3.11 bits per heavy atom. The van der Waals surface area contributed by atoms with Gasteiger partial charge >= 0.3 is 6.03 Å². The van der Waals surface area contributed by atoms with Crippen LogP contribution in [-0.4, -0.2) is 24.0 Å². The number of anilines is 1. The molecule has 4 heteroatoms. The zero-order valence-corrected chi connectivity index (χ0v) is 11.6. The minimum Gasteiger partial charge on any atom is -0.326 e. The average Bonchev–Trinajstić information content (AvgIpc) is 2.88. The highest BCUT2D eigenvalue weighted by Crippen LogP contribution is 2.21. The summed E-state index contributed by atoms with van der Waals surface area (Å²) in [4.78, 5) is 14.1. The lowest BCUT2D eigenvalue weighted by Crippen LogP contribution is -2.33. The van der Waals surface area contributed by atoms with Crippen molar-refractivity contribution >= 4 is 11.7 Å². The van der Waals surface area contributed by atoms with E-state index in [0.717, 1.165) is 30.8 Å². The number of carbonyl (C=O) groups excluding carboxylic acids is 1. The summed E-state index contributed by atoms with van der Waals surface area (Å²) < 4.78 is 0. The molecule has 1 atom stereocenters. The monoisotopic (exact) mass is 261 g/mol. The second-order valence-corrected chi connectivity index (χ2v) is 5.22. The molecule has 0 radical (unpaired) electrons. The van der Waals surface area contributed by atoms with Crippen LogP contribution in [0, 0.1) is 5.92 Å². The molecule has 104 valence electrons. The van der Waals surface area contributed by atoms with Crippen molar-refractivity contribution < 1.29 is 4.79 Å². The number of nitrogens with zero attached hydrogens (tertiary/aromatic N) is 1. The minimum atomic E-state index is 0.00720. The summed E-state index contributed by atoms with van der Waals surface area (Å²) in [7, 11) is 0. The van der Waals surface area contributed by atoms with Gasteiger partial charge in [0, 0.05) is 25.3 Å². The van der Waals surface area contributed by atoms with Gasteiger partial charge in [-0.2, -0.15) is 0 Å². The number of amides is 2. The molecule has 0 saturated carbocycles. The van der Waals surface area contributed by atoms with Gasteiger partial charge in [0.25, 0.3) is 0 Å². The lowest BCUT2D eigenvalue weighted by molar-refractivity contribution is 0.220. The van der Waals surface area contributed by atoms with Crippen LogP contribution < -0.4 is 11.1 Å². The van der Waals surface area contributed by atoms with E-state index in [1.807, 2.05) is 29.2 Å². The molecule has 4 nitrogen and oxygen atoms in total. The van der Waals surface area contributed by atoms with Gasteiger partial charge in [-0.25, -0.2) is 4.79 Å². The molecule has 1 saturated heterocycles. The molecule has 1 aromatic rings. The number of urea groups is 1. The second-order valence-electron chi connectivity index (χ2n) is 5.22. The van der Waals surface area contributed by atoms with Crippen LogP contribution in [0.3, 0.4) is 0 Å². The Bertz CT molecular complexity index is 433. The van der Waals surface area contributed by atoms with Crippen molar-refractivity contribution in [3.8, 4) is 0 Å². The van der Waals surface area contributed by atoms with Crippen LogP contribution in [0.5, 0.6) is 0 Å². The predicted molar refractivity (Wildman–Crippen MR) is 77.9 cm³/mol. The fourth-order valence-electron chi connectivity index (χ4n) is 2.64. The first-order chi connectivity index (χ1) is 9.22. The third-order valence-corrected chi connectivity index (χ3v) is 3.68. The quantitative estimate of drug-likeness (QED) is 0.875. The zero-order chi connectivity index (χ0) is 13.7. The van der Waals surface area contributed by atoms with E-state index >= 15 is 0 Å². The topological polar surface area (TPSA) is 58.4 Å². The van der Waals surface area contributed by atoms with Gasteiger partial charge in [-0.15, -0.1) is 0 Å². The van der Waals surface area contributed by atoms with Gasteiger partial charge in [-0.1, -0.05) is 25.5 Å². The summed E-state index contributed by atoms with van der Waals surface area (Å²) in [6, 6.07) is 7.71. The highest BCUT2D eigenvalue weighted by molar-refractivity contribution is 5.89. The Hall–Kier alpha value is -1.55. The average molecular weight is 261 g/mol. The van der Waals surface area contributed by atoms with Crippen molar-refractivity contribution in [1.82, 2.24) is 4.90 Å². The van der Waals surface area contributed by atoms with Crippen LogP contribution in [0.2, 0.25) is 0 Å². The minimum absolute atomic E-state index is 0.00720. The van der Waals surface area contributed by atoms with E-state index in [4.69, 9.17) is 5.73 Å². The van der Waals surface area contributed by atoms with E-state index in [1.165, 1.54) is 12.8 Å². The first kappa shape index (κ1) is 13.9. The van der Waals surface area contributed by atoms with Crippen LogP contribution in [0.1, 0.15) is 31.7 Å². The van der Waals surface area contributed by atoms with Crippen molar-refractivity contribution in [1.29, 1.82) is 0 Å². The standard InChI is InChI=1S/C15H23N3O/c1-2-4-12-7-8-18(11-12)15(19)17-14-6-3-5-13(9-14)10-16/h3,5-6,9,12H,2,4,7-8,10-11,16H2,1H3,(H,17,19). The first-order valence-electron chi connectivity index (χ1n) is 7.08. The van der Waals surface area contributed by atoms with Gasteiger partial charge < -0.3 is 16.0 Å². The molecule has 1 aliphatic heterocycles. The molecule has 2 rings (SSSR count). The Kier molecular flexibility index (Phi) is 4.80. The Morgan fingerprint density at radius 1 is 1.53 bits per heavy atom. The molecule has 0 spiro atoms. The van der Waals surface area contributed by atoms with Crippen LogP contribution in [0.25, 0.3) is 0 Å². The maximum Gasteiger partial charge on any atom is 0.321 e. The highest BCUT2D eigenvalue weighted by Gasteiger charge is 2.25. The molecule has 0 aliphatic carbocycles. The molecule has 1 unspecified atom stereocenters. The molecular formula is C15H23N3O.